The Morgan fingerprint density at radius 2 is 2.15 bits per heavy atom. The van der Waals surface area contributed by atoms with Gasteiger partial charge in [0, 0.05) is 49.8 Å². The Labute approximate surface area is 159 Å². The van der Waals surface area contributed by atoms with Crippen LogP contribution in [-0.4, -0.2) is 45.2 Å². The minimum absolute atomic E-state index is 0.220. The second kappa shape index (κ2) is 7.96. The first-order valence-corrected chi connectivity index (χ1v) is 9.60. The lowest BCUT2D eigenvalue weighted by molar-refractivity contribution is 0.178. The molecule has 3 heterocycles. The van der Waals surface area contributed by atoms with Crippen molar-refractivity contribution < 1.29 is 5.11 Å². The Hall–Kier alpha value is -2.61. The molecule has 0 radical (unpaired) electrons. The van der Waals surface area contributed by atoms with E-state index in [0.29, 0.717) is 6.54 Å². The zero-order valence-corrected chi connectivity index (χ0v) is 15.6. The molecule has 7 nitrogen and oxygen atoms in total. The molecule has 4 rings (SSSR count). The fraction of sp³-hybridized carbons (Fsp3) is 0.421. The average Bonchev–Trinajstić information content (AvgIpc) is 3.08. The van der Waals surface area contributed by atoms with Crippen LogP contribution >= 0.6 is 0 Å². The lowest BCUT2D eigenvalue weighted by atomic mass is 9.85. The highest BCUT2D eigenvalue weighted by Gasteiger charge is 2.25. The maximum absolute atomic E-state index is 9.69. The van der Waals surface area contributed by atoms with Crippen LogP contribution in [-0.2, 0) is 6.54 Å². The van der Waals surface area contributed by atoms with Crippen LogP contribution in [0.2, 0.25) is 0 Å². The summed E-state index contributed by atoms with van der Waals surface area (Å²) in [5.74, 6) is 2.00. The van der Waals surface area contributed by atoms with Crippen molar-refractivity contribution in [2.45, 2.75) is 38.3 Å². The van der Waals surface area contributed by atoms with Crippen LogP contribution in [0.5, 0.6) is 0 Å². The molecule has 0 unspecified atom stereocenters. The molecule has 140 valence electrons. The Bertz CT molecular complexity index is 900. The van der Waals surface area contributed by atoms with Crippen molar-refractivity contribution in [2.24, 2.45) is 5.92 Å². The largest absolute Gasteiger partial charge is 0.396 e. The summed E-state index contributed by atoms with van der Waals surface area (Å²) in [7, 11) is 2.02. The summed E-state index contributed by atoms with van der Waals surface area (Å²) in [5.41, 5.74) is 2.98. The zero-order valence-electron chi connectivity index (χ0n) is 15.6. The van der Waals surface area contributed by atoms with Gasteiger partial charge < -0.3 is 15.7 Å². The van der Waals surface area contributed by atoms with Crippen molar-refractivity contribution in [1.29, 1.82) is 0 Å². The van der Waals surface area contributed by atoms with E-state index in [1.54, 1.807) is 6.20 Å². The molecular weight excluding hydrogens is 339 g/mol. The number of rotatable bonds is 6. The molecule has 1 aliphatic carbocycles. The number of pyridine rings is 1. The SMILES string of the molecule is Bc1cnn2c(NCc3cccnc3)cc(N[C@H]3CCCC[C@H]3CO)nc12. The maximum atomic E-state index is 9.69. The van der Waals surface area contributed by atoms with E-state index in [1.807, 2.05) is 43.0 Å². The number of aliphatic hydroxyl groups is 1. The molecule has 0 bridgehead atoms. The van der Waals surface area contributed by atoms with Crippen LogP contribution in [0, 0.1) is 5.92 Å². The summed E-state index contributed by atoms with van der Waals surface area (Å²) in [5, 5.41) is 21.2. The van der Waals surface area contributed by atoms with E-state index in [4.69, 9.17) is 4.98 Å². The third-order valence-corrected chi connectivity index (χ3v) is 5.32. The van der Waals surface area contributed by atoms with Crippen molar-refractivity contribution in [3.63, 3.8) is 0 Å². The molecule has 1 aliphatic rings. The Morgan fingerprint density at radius 1 is 1.26 bits per heavy atom. The lowest BCUT2D eigenvalue weighted by Crippen LogP contribution is -2.34. The van der Waals surface area contributed by atoms with E-state index in [-0.39, 0.29) is 18.6 Å². The first kappa shape index (κ1) is 17.8. The van der Waals surface area contributed by atoms with Gasteiger partial charge >= 0.3 is 0 Å². The van der Waals surface area contributed by atoms with Gasteiger partial charge in [0.2, 0.25) is 0 Å². The number of anilines is 2. The minimum Gasteiger partial charge on any atom is -0.396 e. The van der Waals surface area contributed by atoms with Crippen molar-refractivity contribution in [1.82, 2.24) is 19.6 Å². The fourth-order valence-corrected chi connectivity index (χ4v) is 3.77. The monoisotopic (exact) mass is 364 g/mol. The van der Waals surface area contributed by atoms with Gasteiger partial charge in [-0.3, -0.25) is 4.98 Å². The summed E-state index contributed by atoms with van der Waals surface area (Å²) in [6.07, 6.45) is 9.97. The summed E-state index contributed by atoms with van der Waals surface area (Å²) in [6, 6.07) is 6.23. The second-order valence-corrected chi connectivity index (χ2v) is 7.28. The Morgan fingerprint density at radius 3 is 2.96 bits per heavy atom. The fourth-order valence-electron chi connectivity index (χ4n) is 3.77. The molecule has 1 fully saturated rings. The number of hydrogen-bond acceptors (Lipinski definition) is 6. The molecule has 27 heavy (non-hydrogen) atoms. The highest BCUT2D eigenvalue weighted by Crippen LogP contribution is 2.27. The van der Waals surface area contributed by atoms with Gasteiger partial charge in [-0.25, -0.2) is 4.98 Å². The molecule has 0 spiro atoms. The van der Waals surface area contributed by atoms with Crippen LogP contribution in [0.3, 0.4) is 0 Å². The number of nitrogens with one attached hydrogen (secondary N) is 2. The number of nitrogens with zero attached hydrogens (tertiary/aromatic N) is 4. The third-order valence-electron chi connectivity index (χ3n) is 5.32. The number of hydrogen-bond donors (Lipinski definition) is 3. The van der Waals surface area contributed by atoms with Crippen molar-refractivity contribution in [3.05, 3.63) is 42.4 Å². The summed E-state index contributed by atoms with van der Waals surface area (Å²) in [4.78, 5) is 8.93. The van der Waals surface area contributed by atoms with Crippen LogP contribution in [0.25, 0.3) is 5.65 Å². The molecule has 1 saturated carbocycles. The predicted molar refractivity (Wildman–Crippen MR) is 109 cm³/mol. The van der Waals surface area contributed by atoms with E-state index >= 15 is 0 Å². The van der Waals surface area contributed by atoms with E-state index in [2.05, 4.69) is 20.7 Å². The summed E-state index contributed by atoms with van der Waals surface area (Å²) in [6.45, 7) is 0.881. The van der Waals surface area contributed by atoms with Crippen LogP contribution in [0.1, 0.15) is 31.2 Å². The van der Waals surface area contributed by atoms with Gasteiger partial charge in [-0.1, -0.05) is 18.9 Å². The smallest absolute Gasteiger partial charge is 0.153 e. The van der Waals surface area contributed by atoms with Gasteiger partial charge in [0.25, 0.3) is 0 Å². The van der Waals surface area contributed by atoms with Crippen LogP contribution < -0.4 is 16.1 Å². The molecule has 3 aromatic heterocycles. The van der Waals surface area contributed by atoms with Gasteiger partial charge in [0.05, 0.1) is 0 Å². The normalized spacial score (nSPS) is 19.9. The lowest BCUT2D eigenvalue weighted by Gasteiger charge is -2.31. The summed E-state index contributed by atoms with van der Waals surface area (Å²) >= 11 is 0. The molecule has 8 heteroatoms. The van der Waals surface area contributed by atoms with Gasteiger partial charge in [0.15, 0.2) is 5.65 Å². The molecule has 3 N–H and O–H groups in total. The molecule has 0 aliphatic heterocycles. The number of fused-ring (bicyclic) bond motifs is 1. The molecule has 0 amide bonds. The second-order valence-electron chi connectivity index (χ2n) is 7.28. The molecule has 3 aromatic rings. The first-order chi connectivity index (χ1) is 13.2. The zero-order chi connectivity index (χ0) is 18.6. The van der Waals surface area contributed by atoms with Crippen LogP contribution in [0.15, 0.2) is 36.8 Å². The minimum atomic E-state index is 0.220. The van der Waals surface area contributed by atoms with Gasteiger partial charge in [-0.15, -0.1) is 0 Å². The topological polar surface area (TPSA) is 87.4 Å². The Balaban J connectivity index is 1.60. The highest BCUT2D eigenvalue weighted by atomic mass is 16.3. The van der Waals surface area contributed by atoms with Crippen molar-refractivity contribution in [3.8, 4) is 0 Å². The van der Waals surface area contributed by atoms with E-state index in [1.165, 1.54) is 12.8 Å². The van der Waals surface area contributed by atoms with Gasteiger partial charge in [-0.2, -0.15) is 9.61 Å². The maximum Gasteiger partial charge on any atom is 0.153 e. The highest BCUT2D eigenvalue weighted by molar-refractivity contribution is 6.36. The average molecular weight is 364 g/mol. The molecule has 0 saturated heterocycles. The Kier molecular flexibility index (Phi) is 5.24. The predicted octanol–water partition coefficient (Wildman–Crippen LogP) is 0.958. The number of aliphatic hydroxyl groups excluding tert-OH is 1. The quantitative estimate of drug-likeness (QED) is 0.565. The molecule has 0 aromatic carbocycles. The third kappa shape index (κ3) is 3.90. The first-order valence-electron chi connectivity index (χ1n) is 9.60. The number of aromatic nitrogens is 4. The van der Waals surface area contributed by atoms with Crippen LogP contribution in [0.4, 0.5) is 11.6 Å². The van der Waals surface area contributed by atoms with Crippen molar-refractivity contribution in [2.75, 3.05) is 17.2 Å². The molecule has 2 atom stereocenters. The van der Waals surface area contributed by atoms with Gasteiger partial charge in [-0.05, 0) is 29.9 Å². The van der Waals surface area contributed by atoms with E-state index in [9.17, 15) is 5.11 Å². The standard InChI is InChI=1S/C19H25BN6O/c20-15-11-23-26-18(22-10-13-4-3-7-21-9-13)8-17(25-19(15)26)24-16-6-2-1-5-14(16)12-27/h3-4,7-9,11,14,16,22,27H,1-2,5-6,10,12,20H2,(H,24,25)/t14-,16-/m0/s1. The van der Waals surface area contributed by atoms with Gasteiger partial charge in [0.1, 0.15) is 19.5 Å². The van der Waals surface area contributed by atoms with E-state index < -0.39 is 0 Å². The summed E-state index contributed by atoms with van der Waals surface area (Å²) < 4.78 is 1.83. The molecular formula is C19H25BN6O. The van der Waals surface area contributed by atoms with E-state index in [0.717, 1.165) is 41.2 Å². The van der Waals surface area contributed by atoms with Crippen molar-refractivity contribution >= 4 is 30.6 Å².